The molecule has 21 heavy (non-hydrogen) atoms. The maximum atomic E-state index is 12.7. The molecule has 108 valence electrons. The van der Waals surface area contributed by atoms with E-state index in [9.17, 15) is 4.79 Å². The van der Waals surface area contributed by atoms with Crippen LogP contribution >= 0.6 is 11.8 Å². The van der Waals surface area contributed by atoms with Gasteiger partial charge in [-0.3, -0.25) is 4.79 Å². The lowest BCUT2D eigenvalue weighted by atomic mass is 10.0. The molecule has 0 N–H and O–H groups in total. The molecule has 2 nitrogen and oxygen atoms in total. The van der Waals surface area contributed by atoms with Gasteiger partial charge in [0.05, 0.1) is 0 Å². The summed E-state index contributed by atoms with van der Waals surface area (Å²) in [5, 5.41) is -0.204. The van der Waals surface area contributed by atoms with Crippen LogP contribution in [0.25, 0.3) is 0 Å². The van der Waals surface area contributed by atoms with Gasteiger partial charge in [0.15, 0.2) is 5.78 Å². The van der Waals surface area contributed by atoms with Gasteiger partial charge < -0.3 is 4.74 Å². The van der Waals surface area contributed by atoms with Crippen molar-refractivity contribution < 1.29 is 9.53 Å². The summed E-state index contributed by atoms with van der Waals surface area (Å²) in [6.45, 7) is 3.72. The Hall–Kier alpha value is -1.58. The third-order valence-corrected chi connectivity index (χ3v) is 4.94. The molecule has 1 heterocycles. The molecule has 0 aliphatic carbocycles. The first-order valence-electron chi connectivity index (χ1n) is 7.07. The van der Waals surface area contributed by atoms with Crippen molar-refractivity contribution in [3.05, 3.63) is 66.2 Å². The fraction of sp³-hybridized carbons (Fsp3) is 0.278. The highest BCUT2D eigenvalue weighted by molar-refractivity contribution is 8.00. The van der Waals surface area contributed by atoms with Gasteiger partial charge in [-0.1, -0.05) is 48.5 Å². The van der Waals surface area contributed by atoms with Crippen LogP contribution in [-0.2, 0) is 9.53 Å². The monoisotopic (exact) mass is 298 g/mol. The molecular formula is C18H18O2S. The summed E-state index contributed by atoms with van der Waals surface area (Å²) in [6, 6.07) is 20.0. The normalized spacial score (nSPS) is 24.2. The van der Waals surface area contributed by atoms with Crippen LogP contribution in [0.3, 0.4) is 0 Å². The van der Waals surface area contributed by atoms with Gasteiger partial charge in [0.1, 0.15) is 17.0 Å². The van der Waals surface area contributed by atoms with E-state index in [1.807, 2.05) is 74.5 Å². The number of rotatable bonds is 3. The van der Waals surface area contributed by atoms with Gasteiger partial charge in [-0.25, -0.2) is 0 Å². The summed E-state index contributed by atoms with van der Waals surface area (Å²) in [4.78, 5) is 13.8. The van der Waals surface area contributed by atoms with E-state index in [2.05, 4.69) is 0 Å². The molecule has 2 aromatic carbocycles. The molecule has 2 atom stereocenters. The van der Waals surface area contributed by atoms with Crippen LogP contribution in [-0.4, -0.2) is 16.6 Å². The fourth-order valence-corrected chi connectivity index (χ4v) is 3.90. The zero-order chi connectivity index (χ0) is 14.9. The van der Waals surface area contributed by atoms with Crippen molar-refractivity contribution in [3.63, 3.8) is 0 Å². The molecule has 0 aromatic heterocycles. The maximum Gasteiger partial charge on any atom is 0.180 e. The Bertz CT molecular complexity index is 622. The molecule has 0 radical (unpaired) electrons. The standard InChI is InChI=1S/C18H18O2S/c1-18(2)17(19)16(21-14-11-7-4-8-12-14)15(20-18)13-9-5-3-6-10-13/h3-12,15-16H,1-2H3/t15-,16-/m1/s1. The van der Waals surface area contributed by atoms with Crippen LogP contribution < -0.4 is 0 Å². The van der Waals surface area contributed by atoms with Crippen LogP contribution in [0.2, 0.25) is 0 Å². The van der Waals surface area contributed by atoms with Crippen LogP contribution in [0.1, 0.15) is 25.5 Å². The number of benzene rings is 2. The third-order valence-electron chi connectivity index (χ3n) is 3.68. The van der Waals surface area contributed by atoms with Crippen molar-refractivity contribution in [2.45, 2.75) is 35.7 Å². The lowest BCUT2D eigenvalue weighted by molar-refractivity contribution is -0.129. The van der Waals surface area contributed by atoms with Gasteiger partial charge in [0.25, 0.3) is 0 Å². The van der Waals surface area contributed by atoms with Crippen molar-refractivity contribution in [1.29, 1.82) is 0 Å². The topological polar surface area (TPSA) is 26.3 Å². The van der Waals surface area contributed by atoms with Crippen molar-refractivity contribution in [2.75, 3.05) is 0 Å². The summed E-state index contributed by atoms with van der Waals surface area (Å²) in [6.07, 6.45) is -0.195. The predicted octanol–water partition coefficient (Wildman–Crippen LogP) is 4.27. The Morgan fingerprint density at radius 1 is 0.952 bits per heavy atom. The van der Waals surface area contributed by atoms with Gasteiger partial charge >= 0.3 is 0 Å². The third kappa shape index (κ3) is 2.89. The largest absolute Gasteiger partial charge is 0.358 e. The Kier molecular flexibility index (Phi) is 3.87. The van der Waals surface area contributed by atoms with Gasteiger partial charge in [-0.2, -0.15) is 0 Å². The summed E-state index contributed by atoms with van der Waals surface area (Å²) >= 11 is 1.59. The summed E-state index contributed by atoms with van der Waals surface area (Å²) in [7, 11) is 0. The van der Waals surface area contributed by atoms with Crippen molar-refractivity contribution in [3.8, 4) is 0 Å². The fourth-order valence-electron chi connectivity index (χ4n) is 2.56. The number of ketones is 1. The molecule has 1 saturated heterocycles. The number of carbonyl (C=O) groups excluding carboxylic acids is 1. The lowest BCUT2D eigenvalue weighted by Gasteiger charge is -2.18. The molecule has 3 rings (SSSR count). The van der Waals surface area contributed by atoms with Crippen LogP contribution in [0.15, 0.2) is 65.6 Å². The Morgan fingerprint density at radius 2 is 1.52 bits per heavy atom. The van der Waals surface area contributed by atoms with Gasteiger partial charge in [-0.15, -0.1) is 11.8 Å². The second kappa shape index (κ2) is 5.66. The average molecular weight is 298 g/mol. The summed E-state index contributed by atoms with van der Waals surface area (Å²) in [5.74, 6) is 0.158. The number of ether oxygens (including phenoxy) is 1. The number of carbonyl (C=O) groups is 1. The molecule has 1 aliphatic heterocycles. The molecule has 0 amide bonds. The van der Waals surface area contributed by atoms with Crippen molar-refractivity contribution in [2.24, 2.45) is 0 Å². The molecule has 0 bridgehead atoms. The van der Waals surface area contributed by atoms with E-state index in [1.54, 1.807) is 11.8 Å². The lowest BCUT2D eigenvalue weighted by Crippen LogP contribution is -2.30. The van der Waals surface area contributed by atoms with Crippen molar-refractivity contribution in [1.82, 2.24) is 0 Å². The molecule has 0 saturated carbocycles. The number of hydrogen-bond acceptors (Lipinski definition) is 3. The number of thioether (sulfide) groups is 1. The minimum absolute atomic E-state index is 0.158. The Balaban J connectivity index is 1.92. The number of hydrogen-bond donors (Lipinski definition) is 0. The predicted molar refractivity (Wildman–Crippen MR) is 85.4 cm³/mol. The maximum absolute atomic E-state index is 12.7. The van der Waals surface area contributed by atoms with Crippen LogP contribution in [0.4, 0.5) is 0 Å². The first kappa shape index (κ1) is 14.4. The van der Waals surface area contributed by atoms with E-state index in [1.165, 1.54) is 0 Å². The molecule has 2 aromatic rings. The van der Waals surface area contributed by atoms with Gasteiger partial charge in [0.2, 0.25) is 0 Å². The van der Waals surface area contributed by atoms with Gasteiger partial charge in [-0.05, 0) is 31.5 Å². The molecular weight excluding hydrogens is 280 g/mol. The molecule has 0 unspecified atom stereocenters. The van der Waals surface area contributed by atoms with Crippen LogP contribution in [0, 0.1) is 0 Å². The first-order chi connectivity index (χ1) is 10.1. The Labute approximate surface area is 129 Å². The van der Waals surface area contributed by atoms with E-state index in [0.717, 1.165) is 10.5 Å². The summed E-state index contributed by atoms with van der Waals surface area (Å²) < 4.78 is 6.06. The minimum Gasteiger partial charge on any atom is -0.358 e. The molecule has 1 aliphatic rings. The molecule has 3 heteroatoms. The average Bonchev–Trinajstić information content (AvgIpc) is 2.73. The van der Waals surface area contributed by atoms with Crippen LogP contribution in [0.5, 0.6) is 0 Å². The molecule has 0 spiro atoms. The van der Waals surface area contributed by atoms with E-state index >= 15 is 0 Å². The van der Waals surface area contributed by atoms with Gasteiger partial charge in [0, 0.05) is 4.90 Å². The Morgan fingerprint density at radius 3 is 2.14 bits per heavy atom. The highest BCUT2D eigenvalue weighted by Gasteiger charge is 2.49. The van der Waals surface area contributed by atoms with E-state index in [-0.39, 0.29) is 17.1 Å². The SMILES string of the molecule is CC1(C)O[C@H](c2ccccc2)[C@@H](Sc2ccccc2)C1=O. The first-order valence-corrected chi connectivity index (χ1v) is 7.95. The highest BCUT2D eigenvalue weighted by Crippen LogP contribution is 2.45. The quantitative estimate of drug-likeness (QED) is 0.846. The van der Waals surface area contributed by atoms with Crippen molar-refractivity contribution >= 4 is 17.5 Å². The van der Waals surface area contributed by atoms with E-state index < -0.39 is 5.60 Å². The summed E-state index contributed by atoms with van der Waals surface area (Å²) in [5.41, 5.74) is 0.331. The smallest absolute Gasteiger partial charge is 0.180 e. The second-order valence-corrected chi connectivity index (χ2v) is 6.89. The second-order valence-electron chi connectivity index (χ2n) is 5.68. The zero-order valence-corrected chi connectivity index (χ0v) is 13.0. The highest BCUT2D eigenvalue weighted by atomic mass is 32.2. The number of Topliss-reactive ketones (excluding diaryl/α,β-unsaturated/α-hetero) is 1. The minimum atomic E-state index is -0.729. The molecule has 1 fully saturated rings. The van der Waals surface area contributed by atoms with E-state index in [4.69, 9.17) is 4.74 Å². The zero-order valence-electron chi connectivity index (χ0n) is 12.2. The van der Waals surface area contributed by atoms with E-state index in [0.29, 0.717) is 0 Å².